The summed E-state index contributed by atoms with van der Waals surface area (Å²) in [6, 6.07) is 27.5. The molecule has 45 heavy (non-hydrogen) atoms. The second-order valence-corrected chi connectivity index (χ2v) is 13.4. The van der Waals surface area contributed by atoms with Crippen LogP contribution in [0.25, 0.3) is 0 Å². The first-order valence-corrected chi connectivity index (χ1v) is 16.5. The molecule has 4 aromatic carbocycles. The van der Waals surface area contributed by atoms with Crippen LogP contribution in [0.4, 0.5) is 5.69 Å². The van der Waals surface area contributed by atoms with Crippen LogP contribution in [-0.4, -0.2) is 50.9 Å². The van der Waals surface area contributed by atoms with Crippen molar-refractivity contribution in [2.45, 2.75) is 43.8 Å². The average Bonchev–Trinajstić information content (AvgIpc) is 3.02. The zero-order valence-corrected chi connectivity index (χ0v) is 27.5. The van der Waals surface area contributed by atoms with Gasteiger partial charge in [-0.15, -0.1) is 0 Å². The minimum Gasteiger partial charge on any atom is -0.495 e. The number of nitrogens with zero attached hydrogens (tertiary/aromatic N) is 2. The first-order valence-electron chi connectivity index (χ1n) is 14.3. The molecule has 0 bridgehead atoms. The molecular formula is C34H35Cl2N3O5S. The molecule has 1 atom stereocenters. The number of nitrogens with one attached hydrogen (secondary N) is 1. The van der Waals surface area contributed by atoms with E-state index in [4.69, 9.17) is 27.9 Å². The molecule has 0 aliphatic rings. The fourth-order valence-corrected chi connectivity index (χ4v) is 6.59. The number of ether oxygens (including phenoxy) is 1. The highest BCUT2D eigenvalue weighted by molar-refractivity contribution is 7.92. The third-order valence-corrected chi connectivity index (χ3v) is 9.34. The highest BCUT2D eigenvalue weighted by Crippen LogP contribution is 2.32. The smallest absolute Gasteiger partial charge is 0.264 e. The van der Waals surface area contributed by atoms with Gasteiger partial charge in [0.2, 0.25) is 11.8 Å². The Hall–Kier alpha value is -4.05. The molecule has 11 heteroatoms. The summed E-state index contributed by atoms with van der Waals surface area (Å²) in [5.74, 6) is -0.598. The molecule has 1 N–H and O–H groups in total. The van der Waals surface area contributed by atoms with Crippen LogP contribution in [0.3, 0.4) is 0 Å². The summed E-state index contributed by atoms with van der Waals surface area (Å²) in [6.07, 6.45) is 0.207. The van der Waals surface area contributed by atoms with Crippen LogP contribution in [0.2, 0.25) is 10.0 Å². The Balaban J connectivity index is 1.82. The maximum absolute atomic E-state index is 14.5. The van der Waals surface area contributed by atoms with E-state index in [1.807, 2.05) is 44.2 Å². The number of benzene rings is 4. The molecule has 0 aliphatic carbocycles. The van der Waals surface area contributed by atoms with Crippen molar-refractivity contribution in [1.82, 2.24) is 10.2 Å². The van der Waals surface area contributed by atoms with Crippen molar-refractivity contribution in [3.8, 4) is 5.75 Å². The third-order valence-electron chi connectivity index (χ3n) is 7.00. The second kappa shape index (κ2) is 15.3. The molecule has 0 aliphatic heterocycles. The van der Waals surface area contributed by atoms with Crippen molar-refractivity contribution >= 4 is 50.7 Å². The lowest BCUT2D eigenvalue weighted by molar-refractivity contribution is -0.140. The number of carbonyl (C=O) groups is 2. The van der Waals surface area contributed by atoms with Crippen LogP contribution in [0.1, 0.15) is 25.0 Å². The number of hydrogen-bond acceptors (Lipinski definition) is 5. The number of methoxy groups -OCH3 is 1. The zero-order chi connectivity index (χ0) is 32.6. The predicted molar refractivity (Wildman–Crippen MR) is 178 cm³/mol. The molecular weight excluding hydrogens is 633 g/mol. The maximum atomic E-state index is 14.5. The van der Waals surface area contributed by atoms with Gasteiger partial charge in [-0.3, -0.25) is 13.9 Å². The van der Waals surface area contributed by atoms with E-state index in [2.05, 4.69) is 5.32 Å². The average molecular weight is 669 g/mol. The number of sulfonamides is 1. The molecule has 0 spiro atoms. The fraction of sp³-hybridized carbons (Fsp3) is 0.235. The van der Waals surface area contributed by atoms with E-state index in [9.17, 15) is 18.0 Å². The van der Waals surface area contributed by atoms with E-state index in [0.29, 0.717) is 16.3 Å². The first kappa shape index (κ1) is 33.8. The normalized spacial score (nSPS) is 12.0. The van der Waals surface area contributed by atoms with Gasteiger partial charge in [0.1, 0.15) is 18.3 Å². The third kappa shape index (κ3) is 8.78. The van der Waals surface area contributed by atoms with Crippen molar-refractivity contribution in [1.29, 1.82) is 0 Å². The quantitative estimate of drug-likeness (QED) is 0.179. The van der Waals surface area contributed by atoms with Gasteiger partial charge in [0.05, 0.1) is 22.7 Å². The van der Waals surface area contributed by atoms with E-state index in [-0.39, 0.29) is 40.5 Å². The van der Waals surface area contributed by atoms with E-state index in [1.165, 1.54) is 42.3 Å². The summed E-state index contributed by atoms with van der Waals surface area (Å²) in [5.41, 5.74) is 1.72. The summed E-state index contributed by atoms with van der Waals surface area (Å²) >= 11 is 12.5. The Morgan fingerprint density at radius 2 is 1.47 bits per heavy atom. The van der Waals surface area contributed by atoms with Crippen molar-refractivity contribution in [2.75, 3.05) is 18.0 Å². The lowest BCUT2D eigenvalue weighted by atomic mass is 10.0. The van der Waals surface area contributed by atoms with Gasteiger partial charge in [-0.25, -0.2) is 8.42 Å². The van der Waals surface area contributed by atoms with Gasteiger partial charge in [-0.1, -0.05) is 83.9 Å². The summed E-state index contributed by atoms with van der Waals surface area (Å²) in [5, 5.41) is 3.63. The van der Waals surface area contributed by atoms with Gasteiger partial charge in [-0.2, -0.15) is 0 Å². The Morgan fingerprint density at radius 1 is 0.844 bits per heavy atom. The van der Waals surface area contributed by atoms with Crippen LogP contribution in [0.5, 0.6) is 5.75 Å². The van der Waals surface area contributed by atoms with E-state index in [0.717, 1.165) is 9.87 Å². The summed E-state index contributed by atoms with van der Waals surface area (Å²) in [4.78, 5) is 29.6. The van der Waals surface area contributed by atoms with Crippen LogP contribution in [0, 0.1) is 0 Å². The van der Waals surface area contributed by atoms with Gasteiger partial charge in [0.15, 0.2) is 0 Å². The Kier molecular flexibility index (Phi) is 11.5. The molecule has 4 aromatic rings. The van der Waals surface area contributed by atoms with Crippen LogP contribution in [0.15, 0.2) is 108 Å². The number of halogens is 2. The van der Waals surface area contributed by atoms with Crippen LogP contribution < -0.4 is 14.4 Å². The molecule has 0 saturated carbocycles. The maximum Gasteiger partial charge on any atom is 0.264 e. The molecule has 8 nitrogen and oxygen atoms in total. The topological polar surface area (TPSA) is 96.0 Å². The Bertz CT molecular complexity index is 1700. The van der Waals surface area contributed by atoms with Gasteiger partial charge in [0.25, 0.3) is 10.0 Å². The lowest BCUT2D eigenvalue weighted by Gasteiger charge is -2.34. The molecule has 0 unspecified atom stereocenters. The van der Waals surface area contributed by atoms with Crippen molar-refractivity contribution < 1.29 is 22.7 Å². The summed E-state index contributed by atoms with van der Waals surface area (Å²) in [7, 11) is -2.80. The van der Waals surface area contributed by atoms with E-state index in [1.54, 1.807) is 42.5 Å². The summed E-state index contributed by atoms with van der Waals surface area (Å²) in [6.45, 7) is 3.10. The largest absolute Gasteiger partial charge is 0.495 e. The molecule has 2 amide bonds. The minimum absolute atomic E-state index is 0.00706. The van der Waals surface area contributed by atoms with Gasteiger partial charge >= 0.3 is 0 Å². The number of anilines is 1. The minimum atomic E-state index is -4.25. The molecule has 236 valence electrons. The number of carbonyl (C=O) groups excluding carboxylic acids is 2. The van der Waals surface area contributed by atoms with Gasteiger partial charge in [0, 0.05) is 24.0 Å². The van der Waals surface area contributed by atoms with Crippen LogP contribution in [-0.2, 0) is 32.6 Å². The number of amides is 2. The monoisotopic (exact) mass is 667 g/mol. The zero-order valence-electron chi connectivity index (χ0n) is 25.2. The van der Waals surface area contributed by atoms with Gasteiger partial charge in [-0.05, 0) is 67.4 Å². The first-order chi connectivity index (χ1) is 21.5. The van der Waals surface area contributed by atoms with Gasteiger partial charge < -0.3 is 15.0 Å². The molecule has 0 radical (unpaired) electrons. The predicted octanol–water partition coefficient (Wildman–Crippen LogP) is 6.36. The molecule has 4 rings (SSSR count). The fourth-order valence-electron chi connectivity index (χ4n) is 4.78. The molecule has 0 saturated heterocycles. The standard InChI is InChI=1S/C34H35Cl2N3O5S/c1-24(2)37-34(41)31(20-25-10-6-4-7-11-25)38(22-26-14-16-27(35)17-15-26)33(40)23-39(28-18-19-32(44-3)30(36)21-28)45(42,43)29-12-8-5-9-13-29/h4-19,21,24,31H,20,22-23H2,1-3H3,(H,37,41)/t31-/m1/s1. The molecule has 0 aromatic heterocycles. The molecule has 0 fully saturated rings. The highest BCUT2D eigenvalue weighted by atomic mass is 35.5. The number of hydrogen-bond donors (Lipinski definition) is 1. The van der Waals surface area contributed by atoms with Crippen LogP contribution >= 0.6 is 23.2 Å². The molecule has 0 heterocycles. The Morgan fingerprint density at radius 3 is 2.04 bits per heavy atom. The second-order valence-electron chi connectivity index (χ2n) is 10.7. The number of rotatable bonds is 13. The van der Waals surface area contributed by atoms with E-state index < -0.39 is 28.5 Å². The summed E-state index contributed by atoms with van der Waals surface area (Å²) < 4.78 is 34.4. The van der Waals surface area contributed by atoms with Crippen molar-refractivity contribution in [3.05, 3.63) is 124 Å². The SMILES string of the molecule is COc1ccc(N(CC(=O)N(Cc2ccc(Cl)cc2)[C@H](Cc2ccccc2)C(=O)NC(C)C)S(=O)(=O)c2ccccc2)cc1Cl. The lowest BCUT2D eigenvalue weighted by Crippen LogP contribution is -2.54. The Labute approximate surface area is 274 Å². The van der Waals surface area contributed by atoms with E-state index >= 15 is 0 Å². The van der Waals surface area contributed by atoms with Crippen molar-refractivity contribution in [2.24, 2.45) is 0 Å². The van der Waals surface area contributed by atoms with Crippen molar-refractivity contribution in [3.63, 3.8) is 0 Å². The highest BCUT2D eigenvalue weighted by Gasteiger charge is 2.35.